The Labute approximate surface area is 390 Å². The van der Waals surface area contributed by atoms with Crippen LogP contribution in [0.25, 0.3) is 0 Å². The number of hydrogen-bond donors (Lipinski definition) is 7. The van der Waals surface area contributed by atoms with E-state index in [1.807, 2.05) is 0 Å². The summed E-state index contributed by atoms with van der Waals surface area (Å²) in [6, 6.07) is 0. The van der Waals surface area contributed by atoms with E-state index < -0.39 is 99.3 Å². The van der Waals surface area contributed by atoms with E-state index in [0.29, 0.717) is 12.8 Å². The Morgan fingerprint density at radius 2 is 0.877 bits per heavy atom. The second-order valence-corrected chi connectivity index (χ2v) is 18.0. The van der Waals surface area contributed by atoms with Crippen LogP contribution in [-0.4, -0.2) is 142 Å². The van der Waals surface area contributed by atoms with Gasteiger partial charge in [-0.2, -0.15) is 0 Å². The molecule has 7 N–H and O–H groups in total. The molecule has 11 atom stereocenters. The summed E-state index contributed by atoms with van der Waals surface area (Å²) in [5, 5.41) is 72.0. The summed E-state index contributed by atoms with van der Waals surface area (Å²) in [4.78, 5) is 25.7. The van der Waals surface area contributed by atoms with Crippen molar-refractivity contribution in [3.63, 3.8) is 0 Å². The summed E-state index contributed by atoms with van der Waals surface area (Å²) >= 11 is 0. The van der Waals surface area contributed by atoms with Crippen molar-refractivity contribution in [2.24, 2.45) is 0 Å². The van der Waals surface area contributed by atoms with Crippen molar-refractivity contribution in [2.45, 2.75) is 255 Å². The Morgan fingerprint density at radius 3 is 1.38 bits per heavy atom. The minimum absolute atomic E-state index is 0.135. The molecule has 0 aromatic rings. The van der Waals surface area contributed by atoms with Gasteiger partial charge in [0.05, 0.1) is 19.8 Å². The summed E-state index contributed by atoms with van der Waals surface area (Å²) in [6.45, 7) is 2.55. The average molecular weight is 931 g/mol. The molecule has 15 nitrogen and oxygen atoms in total. The van der Waals surface area contributed by atoms with Crippen LogP contribution in [0.3, 0.4) is 0 Å². The number of allylic oxidation sites excluding steroid dienone is 4. The molecule has 2 fully saturated rings. The van der Waals surface area contributed by atoms with E-state index in [1.165, 1.54) is 89.9 Å². The van der Waals surface area contributed by atoms with Crippen molar-refractivity contribution in [2.75, 3.05) is 26.4 Å². The van der Waals surface area contributed by atoms with Crippen LogP contribution < -0.4 is 0 Å². The average Bonchev–Trinajstić information content (AvgIpc) is 3.30. The van der Waals surface area contributed by atoms with Crippen molar-refractivity contribution in [3.05, 3.63) is 24.3 Å². The summed E-state index contributed by atoms with van der Waals surface area (Å²) < 4.78 is 33.5. The van der Waals surface area contributed by atoms with E-state index in [4.69, 9.17) is 28.4 Å². The minimum atomic E-state index is -1.77. The monoisotopic (exact) mass is 931 g/mol. The lowest BCUT2D eigenvalue weighted by atomic mass is 9.98. The van der Waals surface area contributed by atoms with Crippen LogP contribution in [-0.2, 0) is 38.0 Å². The first kappa shape index (κ1) is 59.1. The van der Waals surface area contributed by atoms with E-state index in [9.17, 15) is 45.3 Å². The number of unbranched alkanes of at least 4 members (excludes halogenated alkanes) is 21. The van der Waals surface area contributed by atoms with Crippen LogP contribution in [0.5, 0.6) is 0 Å². The zero-order valence-corrected chi connectivity index (χ0v) is 40.0. The second-order valence-electron chi connectivity index (χ2n) is 18.0. The van der Waals surface area contributed by atoms with Crippen molar-refractivity contribution >= 4 is 11.9 Å². The van der Waals surface area contributed by atoms with Gasteiger partial charge < -0.3 is 64.2 Å². The molecule has 0 aliphatic carbocycles. The van der Waals surface area contributed by atoms with Crippen molar-refractivity contribution < 1.29 is 73.8 Å². The molecule has 0 radical (unpaired) electrons. The van der Waals surface area contributed by atoms with Gasteiger partial charge in [0.15, 0.2) is 18.7 Å². The van der Waals surface area contributed by atoms with Gasteiger partial charge in [-0.05, 0) is 64.2 Å². The summed E-state index contributed by atoms with van der Waals surface area (Å²) in [7, 11) is 0. The Kier molecular flexibility index (Phi) is 34.5. The third kappa shape index (κ3) is 26.4. The Hall–Kier alpha value is -2.02. The maximum atomic E-state index is 13.0. The van der Waals surface area contributed by atoms with Crippen LogP contribution >= 0.6 is 0 Å². The van der Waals surface area contributed by atoms with Gasteiger partial charge in [0.2, 0.25) is 0 Å². The van der Waals surface area contributed by atoms with E-state index in [1.54, 1.807) is 0 Å². The van der Waals surface area contributed by atoms with E-state index >= 15 is 0 Å². The van der Waals surface area contributed by atoms with Crippen molar-refractivity contribution in [1.29, 1.82) is 0 Å². The predicted octanol–water partition coefficient (Wildman–Crippen LogP) is 6.77. The zero-order chi connectivity index (χ0) is 47.5. The van der Waals surface area contributed by atoms with Crippen LogP contribution in [0.4, 0.5) is 0 Å². The van der Waals surface area contributed by atoms with Gasteiger partial charge in [0, 0.05) is 12.8 Å². The van der Waals surface area contributed by atoms with E-state index in [2.05, 4.69) is 38.2 Å². The molecule has 2 aliphatic rings. The van der Waals surface area contributed by atoms with E-state index in [0.717, 1.165) is 57.8 Å². The Bertz CT molecular complexity index is 1230. The van der Waals surface area contributed by atoms with Crippen molar-refractivity contribution in [1.82, 2.24) is 0 Å². The molecule has 15 heteroatoms. The number of aliphatic hydroxyl groups is 7. The molecule has 2 saturated heterocycles. The fraction of sp³-hybridized carbons (Fsp3) is 0.880. The molecule has 0 aromatic heterocycles. The maximum Gasteiger partial charge on any atom is 0.306 e. The van der Waals surface area contributed by atoms with Gasteiger partial charge in [0.25, 0.3) is 0 Å². The smallest absolute Gasteiger partial charge is 0.306 e. The van der Waals surface area contributed by atoms with Gasteiger partial charge in [0.1, 0.15) is 55.4 Å². The number of hydrogen-bond acceptors (Lipinski definition) is 15. The summed E-state index contributed by atoms with van der Waals surface area (Å²) in [6.07, 6.45) is 20.7. The highest BCUT2D eigenvalue weighted by Crippen LogP contribution is 2.26. The van der Waals surface area contributed by atoms with Gasteiger partial charge in [-0.3, -0.25) is 9.59 Å². The number of esters is 2. The van der Waals surface area contributed by atoms with Gasteiger partial charge in [-0.1, -0.05) is 134 Å². The van der Waals surface area contributed by atoms with E-state index in [-0.39, 0.29) is 19.4 Å². The first-order chi connectivity index (χ1) is 31.5. The fourth-order valence-corrected chi connectivity index (χ4v) is 7.91. The lowest BCUT2D eigenvalue weighted by molar-refractivity contribution is -0.332. The molecular formula is C50H90O15. The Morgan fingerprint density at radius 1 is 0.477 bits per heavy atom. The van der Waals surface area contributed by atoms with Crippen LogP contribution in [0.1, 0.15) is 187 Å². The minimum Gasteiger partial charge on any atom is -0.462 e. The first-order valence-electron chi connectivity index (χ1n) is 25.4. The quantitative estimate of drug-likeness (QED) is 0.0192. The number of ether oxygens (including phenoxy) is 6. The summed E-state index contributed by atoms with van der Waals surface area (Å²) in [5.41, 5.74) is 0. The SMILES string of the molecule is CCCCCCC/C=C/CCCCCCCC(=O)OC[C@H](CO[C@@H]1O[C@H](CO[C@@H]2O[C@H](CO)[C@H](O)C(O)C2O)[C@H](O)C(O)C1O)OC(=O)CCCC/C=C/CCCCCCCCCCC. The van der Waals surface area contributed by atoms with Crippen LogP contribution in [0, 0.1) is 0 Å². The standard InChI is InChI=1S/C50H90O15/c1-3-5-7-9-11-13-15-17-19-21-23-25-27-29-31-33-42(53)63-38(35-60-41(52)32-30-28-26-24-22-20-18-16-14-12-10-8-6-4-2)36-61-49-48(59)46(57)44(55)40(65-49)37-62-50-47(58)45(56)43(54)39(34-51)64-50/h16,18,23,25,38-40,43-51,54-59H,3-15,17,19-22,24,26-37H2,1-2H3/b18-16+,25-23+/t38-,39-,40-,43+,44+,45?,46?,47?,48?,49-,50-/m1/s1. The third-order valence-corrected chi connectivity index (χ3v) is 12.2. The highest BCUT2D eigenvalue weighted by Gasteiger charge is 2.47. The number of aliphatic hydroxyl groups excluding tert-OH is 7. The van der Waals surface area contributed by atoms with Crippen LogP contribution in [0.2, 0.25) is 0 Å². The lowest BCUT2D eigenvalue weighted by Gasteiger charge is -2.42. The molecule has 0 aromatic carbocycles. The molecule has 0 spiro atoms. The number of carbonyl (C=O) groups is 2. The Balaban J connectivity index is 1.83. The zero-order valence-electron chi connectivity index (χ0n) is 40.0. The van der Waals surface area contributed by atoms with Gasteiger partial charge >= 0.3 is 11.9 Å². The second kappa shape index (κ2) is 37.9. The molecule has 0 amide bonds. The number of rotatable bonds is 39. The normalized spacial score (nSPS) is 26.5. The van der Waals surface area contributed by atoms with Gasteiger partial charge in [-0.15, -0.1) is 0 Å². The lowest BCUT2D eigenvalue weighted by Crippen LogP contribution is -2.61. The fourth-order valence-electron chi connectivity index (χ4n) is 7.91. The van der Waals surface area contributed by atoms with Crippen LogP contribution in [0.15, 0.2) is 24.3 Å². The molecule has 2 rings (SSSR count). The maximum absolute atomic E-state index is 13.0. The summed E-state index contributed by atoms with van der Waals surface area (Å²) in [5.74, 6) is -0.957. The molecule has 0 bridgehead atoms. The molecule has 65 heavy (non-hydrogen) atoms. The third-order valence-electron chi connectivity index (χ3n) is 12.2. The highest BCUT2D eigenvalue weighted by molar-refractivity contribution is 5.70. The predicted molar refractivity (Wildman–Crippen MR) is 247 cm³/mol. The highest BCUT2D eigenvalue weighted by atomic mass is 16.7. The van der Waals surface area contributed by atoms with Gasteiger partial charge in [-0.25, -0.2) is 0 Å². The number of carbonyl (C=O) groups excluding carboxylic acids is 2. The molecule has 0 saturated carbocycles. The topological polar surface area (TPSA) is 231 Å². The molecule has 4 unspecified atom stereocenters. The first-order valence-corrected chi connectivity index (χ1v) is 25.4. The molecular weight excluding hydrogens is 841 g/mol. The largest absolute Gasteiger partial charge is 0.462 e. The molecule has 2 aliphatic heterocycles. The van der Waals surface area contributed by atoms with Crippen molar-refractivity contribution in [3.8, 4) is 0 Å². The molecule has 380 valence electrons. The molecule has 2 heterocycles.